The molecule has 0 bridgehead atoms. The van der Waals surface area contributed by atoms with Crippen molar-refractivity contribution in [3.8, 4) is 0 Å². The monoisotopic (exact) mass is 335 g/mol. The Morgan fingerprint density at radius 1 is 0.960 bits per heavy atom. The van der Waals surface area contributed by atoms with Gasteiger partial charge in [0.2, 0.25) is 5.91 Å². The van der Waals surface area contributed by atoms with E-state index in [0.717, 1.165) is 36.3 Å². The van der Waals surface area contributed by atoms with Crippen LogP contribution < -0.4 is 15.1 Å². The minimum atomic E-state index is -0.121. The lowest BCUT2D eigenvalue weighted by Gasteiger charge is -2.15. The molecule has 2 aliphatic rings. The molecule has 2 amide bonds. The Labute approximate surface area is 147 Å². The van der Waals surface area contributed by atoms with E-state index in [1.54, 1.807) is 17.9 Å². The average Bonchev–Trinajstić information content (AvgIpc) is 3.18. The number of rotatable bonds is 2. The van der Waals surface area contributed by atoms with Crippen LogP contribution in [0.4, 0.5) is 17.1 Å². The SMILES string of the molecule is CC(=O)N1CCc2cc(C(=O)Nc3ccc4c(c3)N(C)CC4)ccc21. The fraction of sp³-hybridized carbons (Fsp3) is 0.300. The molecule has 0 radical (unpaired) electrons. The Hall–Kier alpha value is -2.82. The molecule has 0 aromatic heterocycles. The quantitative estimate of drug-likeness (QED) is 0.918. The molecule has 5 heteroatoms. The van der Waals surface area contributed by atoms with Gasteiger partial charge in [-0.2, -0.15) is 0 Å². The van der Waals surface area contributed by atoms with Gasteiger partial charge in [0.05, 0.1) is 0 Å². The summed E-state index contributed by atoms with van der Waals surface area (Å²) in [6.45, 7) is 3.28. The third kappa shape index (κ3) is 2.76. The molecule has 25 heavy (non-hydrogen) atoms. The molecule has 2 aromatic rings. The first-order valence-corrected chi connectivity index (χ1v) is 8.59. The number of fused-ring (bicyclic) bond motifs is 2. The number of nitrogens with zero attached hydrogens (tertiary/aromatic N) is 2. The third-order valence-corrected chi connectivity index (χ3v) is 5.09. The van der Waals surface area contributed by atoms with Crippen LogP contribution in [0.2, 0.25) is 0 Å². The van der Waals surface area contributed by atoms with Crippen LogP contribution in [0.3, 0.4) is 0 Å². The molecular weight excluding hydrogens is 314 g/mol. The van der Waals surface area contributed by atoms with Crippen molar-refractivity contribution < 1.29 is 9.59 Å². The minimum absolute atomic E-state index is 0.0400. The van der Waals surface area contributed by atoms with E-state index >= 15 is 0 Å². The number of likely N-dealkylation sites (N-methyl/N-ethyl adjacent to an activating group) is 1. The van der Waals surface area contributed by atoms with Gasteiger partial charge < -0.3 is 15.1 Å². The van der Waals surface area contributed by atoms with E-state index in [0.29, 0.717) is 12.1 Å². The zero-order valence-electron chi connectivity index (χ0n) is 14.5. The molecule has 4 rings (SSSR count). The molecule has 1 N–H and O–H groups in total. The summed E-state index contributed by atoms with van der Waals surface area (Å²) in [5, 5.41) is 2.99. The van der Waals surface area contributed by atoms with Crippen LogP contribution in [0.5, 0.6) is 0 Å². The summed E-state index contributed by atoms with van der Waals surface area (Å²) in [7, 11) is 2.07. The molecule has 0 unspecified atom stereocenters. The van der Waals surface area contributed by atoms with Crippen LogP contribution in [0.25, 0.3) is 0 Å². The smallest absolute Gasteiger partial charge is 0.255 e. The number of hydrogen-bond acceptors (Lipinski definition) is 3. The van der Waals surface area contributed by atoms with Gasteiger partial charge in [-0.3, -0.25) is 9.59 Å². The first-order valence-electron chi connectivity index (χ1n) is 8.59. The summed E-state index contributed by atoms with van der Waals surface area (Å²) in [5.41, 5.74) is 5.91. The Kier molecular flexibility index (Phi) is 3.71. The predicted molar refractivity (Wildman–Crippen MR) is 99.5 cm³/mol. The van der Waals surface area contributed by atoms with Crippen LogP contribution in [0, 0.1) is 0 Å². The predicted octanol–water partition coefficient (Wildman–Crippen LogP) is 2.84. The minimum Gasteiger partial charge on any atom is -0.374 e. The van der Waals surface area contributed by atoms with Gasteiger partial charge in [0.1, 0.15) is 0 Å². The lowest BCUT2D eigenvalue weighted by atomic mass is 10.1. The summed E-state index contributed by atoms with van der Waals surface area (Å²) in [6, 6.07) is 11.6. The lowest BCUT2D eigenvalue weighted by molar-refractivity contribution is -0.116. The summed E-state index contributed by atoms with van der Waals surface area (Å²) < 4.78 is 0. The molecule has 0 fully saturated rings. The maximum Gasteiger partial charge on any atom is 0.255 e. The first kappa shape index (κ1) is 15.7. The highest BCUT2D eigenvalue weighted by Crippen LogP contribution is 2.31. The van der Waals surface area contributed by atoms with Crippen molar-refractivity contribution in [1.29, 1.82) is 0 Å². The van der Waals surface area contributed by atoms with E-state index in [-0.39, 0.29) is 11.8 Å². The summed E-state index contributed by atoms with van der Waals surface area (Å²) in [6.07, 6.45) is 1.84. The molecule has 0 saturated heterocycles. The Bertz CT molecular complexity index is 875. The molecule has 0 atom stereocenters. The summed E-state index contributed by atoms with van der Waals surface area (Å²) in [5.74, 6) is -0.0807. The van der Waals surface area contributed by atoms with E-state index in [1.165, 1.54) is 11.3 Å². The molecule has 2 aromatic carbocycles. The van der Waals surface area contributed by atoms with Gasteiger partial charge >= 0.3 is 0 Å². The topological polar surface area (TPSA) is 52.7 Å². The van der Waals surface area contributed by atoms with E-state index in [2.05, 4.69) is 23.3 Å². The molecule has 5 nitrogen and oxygen atoms in total. The number of benzene rings is 2. The Morgan fingerprint density at radius 3 is 2.56 bits per heavy atom. The van der Waals surface area contributed by atoms with Crippen LogP contribution >= 0.6 is 0 Å². The average molecular weight is 335 g/mol. The summed E-state index contributed by atoms with van der Waals surface area (Å²) >= 11 is 0. The Balaban J connectivity index is 1.55. The van der Waals surface area contributed by atoms with Gasteiger partial charge in [-0.25, -0.2) is 0 Å². The van der Waals surface area contributed by atoms with Crippen LogP contribution in [0.1, 0.15) is 28.4 Å². The maximum atomic E-state index is 12.6. The van der Waals surface area contributed by atoms with E-state index < -0.39 is 0 Å². The zero-order valence-corrected chi connectivity index (χ0v) is 14.5. The molecule has 0 saturated carbocycles. The van der Waals surface area contributed by atoms with Gasteiger partial charge in [-0.15, -0.1) is 0 Å². The van der Waals surface area contributed by atoms with Crippen LogP contribution in [0.15, 0.2) is 36.4 Å². The van der Waals surface area contributed by atoms with Gasteiger partial charge in [0.25, 0.3) is 5.91 Å². The van der Waals surface area contributed by atoms with Gasteiger partial charge in [0, 0.05) is 49.7 Å². The van der Waals surface area contributed by atoms with Gasteiger partial charge in [-0.1, -0.05) is 6.07 Å². The van der Waals surface area contributed by atoms with Crippen molar-refractivity contribution in [2.24, 2.45) is 0 Å². The highest BCUT2D eigenvalue weighted by molar-refractivity contribution is 6.05. The van der Waals surface area contributed by atoms with Gasteiger partial charge in [-0.05, 0) is 54.3 Å². The van der Waals surface area contributed by atoms with Crippen LogP contribution in [-0.4, -0.2) is 32.0 Å². The van der Waals surface area contributed by atoms with Crippen molar-refractivity contribution in [2.75, 3.05) is 35.3 Å². The fourth-order valence-corrected chi connectivity index (χ4v) is 3.69. The fourth-order valence-electron chi connectivity index (χ4n) is 3.69. The summed E-state index contributed by atoms with van der Waals surface area (Å²) in [4.78, 5) is 28.2. The zero-order chi connectivity index (χ0) is 17.6. The first-order chi connectivity index (χ1) is 12.0. The molecule has 2 heterocycles. The molecule has 128 valence electrons. The normalized spacial score (nSPS) is 15.1. The van der Waals surface area contributed by atoms with Crippen molar-refractivity contribution in [3.63, 3.8) is 0 Å². The second-order valence-corrected chi connectivity index (χ2v) is 6.73. The second kappa shape index (κ2) is 5.92. The standard InChI is InChI=1S/C20H21N3O2/c1-13(24)23-10-8-15-11-16(4-6-18(15)23)20(25)21-17-5-3-14-7-9-22(2)19(14)12-17/h3-6,11-12H,7-10H2,1-2H3,(H,21,25). The van der Waals surface area contributed by atoms with E-state index in [4.69, 9.17) is 0 Å². The van der Waals surface area contributed by atoms with E-state index in [1.807, 2.05) is 24.3 Å². The van der Waals surface area contributed by atoms with Crippen LogP contribution in [-0.2, 0) is 17.6 Å². The maximum absolute atomic E-state index is 12.6. The van der Waals surface area contributed by atoms with Crippen molar-refractivity contribution in [2.45, 2.75) is 19.8 Å². The molecular formula is C20H21N3O2. The van der Waals surface area contributed by atoms with E-state index in [9.17, 15) is 9.59 Å². The largest absolute Gasteiger partial charge is 0.374 e. The molecule has 0 spiro atoms. The number of hydrogen-bond donors (Lipinski definition) is 1. The number of amides is 2. The van der Waals surface area contributed by atoms with Crippen molar-refractivity contribution >= 4 is 28.9 Å². The molecule has 2 aliphatic heterocycles. The van der Waals surface area contributed by atoms with Crippen molar-refractivity contribution in [3.05, 3.63) is 53.1 Å². The highest BCUT2D eigenvalue weighted by atomic mass is 16.2. The second-order valence-electron chi connectivity index (χ2n) is 6.73. The number of carbonyl (C=O) groups is 2. The number of nitrogens with one attached hydrogen (secondary N) is 1. The Morgan fingerprint density at radius 2 is 1.76 bits per heavy atom. The van der Waals surface area contributed by atoms with Crippen molar-refractivity contribution in [1.82, 2.24) is 0 Å². The molecule has 0 aliphatic carbocycles. The lowest BCUT2D eigenvalue weighted by Crippen LogP contribution is -2.25. The number of anilines is 3. The third-order valence-electron chi connectivity index (χ3n) is 5.09. The number of carbonyl (C=O) groups excluding carboxylic acids is 2. The van der Waals surface area contributed by atoms with Gasteiger partial charge in [0.15, 0.2) is 0 Å². The highest BCUT2D eigenvalue weighted by Gasteiger charge is 2.23.